The smallest absolute Gasteiger partial charge is 0.294 e. The number of hydrogen-bond acceptors (Lipinski definition) is 14. The fourth-order valence-electron chi connectivity index (χ4n) is 4.91. The highest BCUT2D eigenvalue weighted by atomic mass is 32.2. The zero-order valence-electron chi connectivity index (χ0n) is 26.6. The summed E-state index contributed by atoms with van der Waals surface area (Å²) in [7, 11) is -8.88. The molecule has 52 heavy (non-hydrogen) atoms. The molecule has 6 rings (SSSR count). The van der Waals surface area contributed by atoms with Crippen LogP contribution in [0.1, 0.15) is 0 Å². The fourth-order valence-corrected chi connectivity index (χ4v) is 5.93. The summed E-state index contributed by atoms with van der Waals surface area (Å²) >= 11 is 0. The standard InChI is InChI=1S/C34H27N9O7S2/c35-27-14-5-21-15-26(52(48,49)50)16-32(44)33(21)34(27)43-40-23-8-3-20(4-9-23)19-1-6-22(7-2-19)38-41-30-18-31(29(37)17-28(30)36)42-39-24-10-12-25(13-11-24)51(45,46)47/h1-18,44H,35-37H2,(H,45,46,47)(H,48,49,50). The van der Waals surface area contributed by atoms with Crippen molar-refractivity contribution in [3.63, 3.8) is 0 Å². The zero-order chi connectivity index (χ0) is 37.2. The van der Waals surface area contributed by atoms with Crippen LogP contribution in [0.25, 0.3) is 21.9 Å². The van der Waals surface area contributed by atoms with E-state index in [1.54, 1.807) is 24.3 Å². The average molecular weight is 738 g/mol. The molecule has 0 amide bonds. The van der Waals surface area contributed by atoms with E-state index in [1.165, 1.54) is 54.6 Å². The number of anilines is 3. The molecule has 16 nitrogen and oxygen atoms in total. The molecule has 6 aromatic carbocycles. The maximum atomic E-state index is 11.6. The van der Waals surface area contributed by atoms with Crippen molar-refractivity contribution in [2.24, 2.45) is 30.7 Å². The molecule has 0 atom stereocenters. The highest BCUT2D eigenvalue weighted by molar-refractivity contribution is 7.86. The molecule has 0 radical (unpaired) electrons. The van der Waals surface area contributed by atoms with E-state index in [0.717, 1.165) is 17.2 Å². The Morgan fingerprint density at radius 2 is 0.923 bits per heavy atom. The second kappa shape index (κ2) is 14.0. The summed E-state index contributed by atoms with van der Waals surface area (Å²) in [6.45, 7) is 0. The van der Waals surface area contributed by atoms with Crippen molar-refractivity contribution in [3.05, 3.63) is 109 Å². The van der Waals surface area contributed by atoms with Crippen molar-refractivity contribution in [1.29, 1.82) is 0 Å². The van der Waals surface area contributed by atoms with Crippen LogP contribution in [0, 0.1) is 0 Å². The number of phenols is 1. The summed E-state index contributed by atoms with van der Waals surface area (Å²) in [5, 5.41) is 36.1. The predicted molar refractivity (Wildman–Crippen MR) is 196 cm³/mol. The molecule has 18 heteroatoms. The minimum absolute atomic E-state index is 0.137. The first-order valence-electron chi connectivity index (χ1n) is 14.9. The number of nitrogens with two attached hydrogens (primary N) is 3. The molecule has 0 aliphatic heterocycles. The molecule has 0 heterocycles. The van der Waals surface area contributed by atoms with Crippen molar-refractivity contribution in [1.82, 2.24) is 0 Å². The Morgan fingerprint density at radius 1 is 0.462 bits per heavy atom. The minimum Gasteiger partial charge on any atom is -0.507 e. The highest BCUT2D eigenvalue weighted by Gasteiger charge is 2.17. The van der Waals surface area contributed by atoms with Gasteiger partial charge in [-0.25, -0.2) is 0 Å². The third-order valence-corrected chi connectivity index (χ3v) is 9.26. The van der Waals surface area contributed by atoms with Gasteiger partial charge in [0.05, 0.1) is 49.3 Å². The number of rotatable bonds is 9. The number of fused-ring (bicyclic) bond motifs is 1. The Balaban J connectivity index is 1.15. The van der Waals surface area contributed by atoms with E-state index in [4.69, 9.17) is 21.8 Å². The van der Waals surface area contributed by atoms with Crippen molar-refractivity contribution < 1.29 is 31.0 Å². The maximum Gasteiger partial charge on any atom is 0.294 e. The summed E-state index contributed by atoms with van der Waals surface area (Å²) in [5.41, 5.74) is 22.7. The van der Waals surface area contributed by atoms with Crippen molar-refractivity contribution in [3.8, 4) is 16.9 Å². The minimum atomic E-state index is -4.54. The molecule has 0 spiro atoms. The summed E-state index contributed by atoms with van der Waals surface area (Å²) in [6, 6.07) is 27.6. The topological polar surface area (TPSA) is 281 Å². The van der Waals surface area contributed by atoms with Gasteiger partial charge in [-0.15, -0.1) is 15.3 Å². The van der Waals surface area contributed by atoms with E-state index < -0.39 is 30.9 Å². The molecule has 0 fully saturated rings. The quantitative estimate of drug-likeness (QED) is 0.0466. The number of nitrogen functional groups attached to an aromatic ring is 3. The number of aromatic hydroxyl groups is 1. The third-order valence-electron chi connectivity index (χ3n) is 7.56. The van der Waals surface area contributed by atoms with Crippen LogP contribution in [0.5, 0.6) is 5.75 Å². The van der Waals surface area contributed by atoms with Gasteiger partial charge < -0.3 is 22.3 Å². The van der Waals surface area contributed by atoms with E-state index in [-0.39, 0.29) is 38.7 Å². The molecule has 262 valence electrons. The van der Waals surface area contributed by atoms with E-state index in [0.29, 0.717) is 28.1 Å². The monoisotopic (exact) mass is 737 g/mol. The van der Waals surface area contributed by atoms with Gasteiger partial charge in [-0.05, 0) is 89.3 Å². The van der Waals surface area contributed by atoms with Gasteiger partial charge in [0.1, 0.15) is 22.8 Å². The SMILES string of the molecule is Nc1cc(N)c(N=Nc2ccc(S(=O)(=O)O)cc2)cc1N=Nc1ccc(-c2ccc(N=Nc3c(N)ccc4cc(S(=O)(=O)O)cc(O)c34)cc2)cc1. The van der Waals surface area contributed by atoms with E-state index in [1.807, 2.05) is 24.3 Å². The van der Waals surface area contributed by atoms with E-state index in [2.05, 4.69) is 30.7 Å². The zero-order valence-corrected chi connectivity index (χ0v) is 28.2. The lowest BCUT2D eigenvalue weighted by Crippen LogP contribution is -1.98. The van der Waals surface area contributed by atoms with Gasteiger partial charge in [-0.3, -0.25) is 9.11 Å². The summed E-state index contributed by atoms with van der Waals surface area (Å²) in [6.07, 6.45) is 0. The lowest BCUT2D eigenvalue weighted by Gasteiger charge is -2.09. The Hall–Kier alpha value is -6.60. The molecule has 0 saturated heterocycles. The number of azo groups is 3. The summed E-state index contributed by atoms with van der Waals surface area (Å²) in [5.74, 6) is -0.431. The second-order valence-electron chi connectivity index (χ2n) is 11.2. The largest absolute Gasteiger partial charge is 0.507 e. The molecule has 0 saturated carbocycles. The van der Waals surface area contributed by atoms with Crippen molar-refractivity contribution in [2.75, 3.05) is 17.2 Å². The first-order chi connectivity index (χ1) is 24.7. The summed E-state index contributed by atoms with van der Waals surface area (Å²) < 4.78 is 64.1. The molecule has 0 unspecified atom stereocenters. The maximum absolute atomic E-state index is 11.6. The third kappa shape index (κ3) is 7.90. The van der Waals surface area contributed by atoms with Gasteiger partial charge in [0, 0.05) is 6.07 Å². The van der Waals surface area contributed by atoms with Gasteiger partial charge >= 0.3 is 0 Å². The van der Waals surface area contributed by atoms with Crippen LogP contribution in [-0.4, -0.2) is 31.0 Å². The van der Waals surface area contributed by atoms with Crippen molar-refractivity contribution >= 4 is 82.2 Å². The number of benzene rings is 6. The van der Waals surface area contributed by atoms with Gasteiger partial charge in [0.15, 0.2) is 0 Å². The normalized spacial score (nSPS) is 12.4. The molecular weight excluding hydrogens is 711 g/mol. The summed E-state index contributed by atoms with van der Waals surface area (Å²) in [4.78, 5) is -0.741. The first-order valence-corrected chi connectivity index (χ1v) is 17.8. The van der Waals surface area contributed by atoms with E-state index in [9.17, 15) is 26.5 Å². The Morgan fingerprint density at radius 3 is 1.40 bits per heavy atom. The van der Waals surface area contributed by atoms with Crippen molar-refractivity contribution in [2.45, 2.75) is 9.79 Å². The highest BCUT2D eigenvalue weighted by Crippen LogP contribution is 2.41. The Kier molecular flexibility index (Phi) is 9.46. The molecule has 0 aliphatic carbocycles. The van der Waals surface area contributed by atoms with Gasteiger partial charge in [0.2, 0.25) is 0 Å². The number of nitrogens with zero attached hydrogens (tertiary/aromatic N) is 6. The fraction of sp³-hybridized carbons (Fsp3) is 0. The molecule has 9 N–H and O–H groups in total. The Labute approximate surface area is 296 Å². The number of phenolic OH excluding ortho intramolecular Hbond substituents is 1. The van der Waals surface area contributed by atoms with Crippen LogP contribution in [0.15, 0.2) is 150 Å². The van der Waals surface area contributed by atoms with Crippen LogP contribution in [0.4, 0.5) is 51.2 Å². The van der Waals surface area contributed by atoms with Crippen LogP contribution in [-0.2, 0) is 20.2 Å². The molecule has 0 aliphatic rings. The van der Waals surface area contributed by atoms with Crippen LogP contribution in [0.3, 0.4) is 0 Å². The Bertz CT molecular complexity index is 2650. The second-order valence-corrected chi connectivity index (χ2v) is 14.0. The van der Waals surface area contributed by atoms with Crippen LogP contribution in [0.2, 0.25) is 0 Å². The number of hydrogen-bond donors (Lipinski definition) is 6. The van der Waals surface area contributed by atoms with Crippen LogP contribution < -0.4 is 17.2 Å². The molecular formula is C34H27N9O7S2. The van der Waals surface area contributed by atoms with Crippen LogP contribution >= 0.6 is 0 Å². The van der Waals surface area contributed by atoms with Gasteiger partial charge in [0.25, 0.3) is 20.2 Å². The van der Waals surface area contributed by atoms with E-state index >= 15 is 0 Å². The average Bonchev–Trinajstić information content (AvgIpc) is 3.10. The lowest BCUT2D eigenvalue weighted by atomic mass is 10.1. The molecule has 0 aromatic heterocycles. The predicted octanol–water partition coefficient (Wildman–Crippen LogP) is 8.70. The first kappa shape index (κ1) is 35.2. The van der Waals surface area contributed by atoms with Gasteiger partial charge in [-0.1, -0.05) is 30.3 Å². The lowest BCUT2D eigenvalue weighted by molar-refractivity contribution is 0.471. The molecule has 6 aromatic rings. The van der Waals surface area contributed by atoms with Gasteiger partial charge in [-0.2, -0.15) is 32.2 Å². The molecule has 0 bridgehead atoms.